The van der Waals surface area contributed by atoms with Crippen molar-refractivity contribution in [3.63, 3.8) is 0 Å². The van der Waals surface area contributed by atoms with Gasteiger partial charge in [0.05, 0.1) is 23.1 Å². The maximum Gasteiger partial charge on any atom is 0.340 e. The number of thiocarbonyl (C=S) groups is 1. The number of carbonyl (C=O) groups is 3. The van der Waals surface area contributed by atoms with Crippen LogP contribution in [-0.4, -0.2) is 45.4 Å². The Bertz CT molecular complexity index is 678. The predicted molar refractivity (Wildman–Crippen MR) is 97.0 cm³/mol. The van der Waals surface area contributed by atoms with Crippen LogP contribution in [0, 0.1) is 0 Å². The Morgan fingerprint density at radius 3 is 2.71 bits per heavy atom. The highest BCUT2D eigenvalue weighted by atomic mass is 32.2. The first kappa shape index (κ1) is 18.4. The Morgan fingerprint density at radius 2 is 2.08 bits per heavy atom. The second-order valence-corrected chi connectivity index (χ2v) is 7.05. The van der Waals surface area contributed by atoms with Gasteiger partial charge in [-0.1, -0.05) is 36.1 Å². The van der Waals surface area contributed by atoms with Crippen molar-refractivity contribution in [1.29, 1.82) is 0 Å². The molecule has 1 aliphatic heterocycles. The molecule has 6 nitrogen and oxygen atoms in total. The molecule has 1 atom stereocenters. The van der Waals surface area contributed by atoms with Crippen LogP contribution < -0.4 is 5.32 Å². The molecule has 0 aliphatic carbocycles. The summed E-state index contributed by atoms with van der Waals surface area (Å²) < 4.78 is 5.46. The van der Waals surface area contributed by atoms with Crippen LogP contribution in [0.2, 0.25) is 0 Å². The van der Waals surface area contributed by atoms with Gasteiger partial charge in [-0.15, -0.1) is 0 Å². The van der Waals surface area contributed by atoms with Crippen LogP contribution in [0.4, 0.5) is 5.69 Å². The van der Waals surface area contributed by atoms with E-state index < -0.39 is 5.97 Å². The number of benzene rings is 1. The summed E-state index contributed by atoms with van der Waals surface area (Å²) in [5.74, 6) is -0.869. The molecule has 1 unspecified atom stereocenters. The summed E-state index contributed by atoms with van der Waals surface area (Å²) >= 11 is 6.45. The first-order chi connectivity index (χ1) is 11.4. The maximum atomic E-state index is 12.1. The number of thioether (sulfide) groups is 1. The van der Waals surface area contributed by atoms with Gasteiger partial charge in [0, 0.05) is 13.0 Å². The Morgan fingerprint density at radius 1 is 1.38 bits per heavy atom. The van der Waals surface area contributed by atoms with Gasteiger partial charge in [-0.2, -0.15) is 0 Å². The highest BCUT2D eigenvalue weighted by Crippen LogP contribution is 2.26. The van der Waals surface area contributed by atoms with Crippen molar-refractivity contribution in [2.75, 3.05) is 18.5 Å². The molecule has 0 aromatic heterocycles. The zero-order valence-electron chi connectivity index (χ0n) is 13.4. The Balaban J connectivity index is 1.97. The second-order valence-electron chi connectivity index (χ2n) is 5.08. The lowest BCUT2D eigenvalue weighted by Crippen LogP contribution is -2.33. The molecule has 1 saturated heterocycles. The van der Waals surface area contributed by atoms with Crippen LogP contribution in [0.25, 0.3) is 0 Å². The fraction of sp³-hybridized carbons (Fsp3) is 0.375. The molecule has 2 rings (SSSR count). The van der Waals surface area contributed by atoms with Gasteiger partial charge in [-0.25, -0.2) is 4.79 Å². The van der Waals surface area contributed by atoms with Crippen LogP contribution in [0.5, 0.6) is 0 Å². The van der Waals surface area contributed by atoms with E-state index in [9.17, 15) is 14.4 Å². The van der Waals surface area contributed by atoms with Gasteiger partial charge in [0.15, 0.2) is 0 Å². The lowest BCUT2D eigenvalue weighted by molar-refractivity contribution is -0.126. The molecule has 0 saturated carbocycles. The summed E-state index contributed by atoms with van der Waals surface area (Å²) in [6.45, 7) is 3.98. The normalized spacial score (nSPS) is 17.1. The quantitative estimate of drug-likeness (QED) is 0.616. The van der Waals surface area contributed by atoms with Gasteiger partial charge >= 0.3 is 5.97 Å². The lowest BCUT2D eigenvalue weighted by Gasteiger charge is -2.15. The van der Waals surface area contributed by atoms with Crippen LogP contribution >= 0.6 is 24.0 Å². The van der Waals surface area contributed by atoms with Crippen molar-refractivity contribution < 1.29 is 19.1 Å². The number of nitrogens with zero attached hydrogens (tertiary/aromatic N) is 1. The molecule has 1 aliphatic rings. The molecule has 1 N–H and O–H groups in total. The second kappa shape index (κ2) is 8.25. The first-order valence-corrected chi connectivity index (χ1v) is 8.80. The smallest absolute Gasteiger partial charge is 0.340 e. The molecule has 1 heterocycles. The molecular formula is C16H18N2O4S2. The van der Waals surface area contributed by atoms with Crippen molar-refractivity contribution in [2.45, 2.75) is 25.5 Å². The van der Waals surface area contributed by atoms with E-state index in [2.05, 4.69) is 5.32 Å². The minimum absolute atomic E-state index is 0.0790. The highest BCUT2D eigenvalue weighted by Gasteiger charge is 2.33. The number of para-hydroxylation sites is 1. The maximum absolute atomic E-state index is 12.1. The van der Waals surface area contributed by atoms with E-state index in [0.717, 1.165) is 0 Å². The fourth-order valence-corrected chi connectivity index (χ4v) is 3.63. The number of esters is 1. The van der Waals surface area contributed by atoms with E-state index in [4.69, 9.17) is 17.0 Å². The minimum atomic E-state index is -0.491. The van der Waals surface area contributed by atoms with E-state index in [-0.39, 0.29) is 36.6 Å². The third-order valence-corrected chi connectivity index (χ3v) is 4.86. The van der Waals surface area contributed by atoms with Crippen LogP contribution in [0.15, 0.2) is 24.3 Å². The van der Waals surface area contributed by atoms with Crippen LogP contribution in [0.1, 0.15) is 30.6 Å². The predicted octanol–water partition coefficient (Wildman–Crippen LogP) is 2.44. The van der Waals surface area contributed by atoms with Gasteiger partial charge in [-0.3, -0.25) is 14.5 Å². The van der Waals surface area contributed by atoms with Crippen LogP contribution in [0.3, 0.4) is 0 Å². The monoisotopic (exact) mass is 366 g/mol. The fourth-order valence-electron chi connectivity index (χ4n) is 2.18. The number of rotatable bonds is 6. The highest BCUT2D eigenvalue weighted by molar-refractivity contribution is 8.24. The molecule has 1 fully saturated rings. The summed E-state index contributed by atoms with van der Waals surface area (Å²) in [6, 6.07) is 6.64. The van der Waals surface area contributed by atoms with E-state index >= 15 is 0 Å². The average Bonchev–Trinajstić information content (AvgIpc) is 2.79. The van der Waals surface area contributed by atoms with E-state index in [1.54, 1.807) is 38.1 Å². The number of nitrogens with one attached hydrogen (secondary N) is 1. The van der Waals surface area contributed by atoms with E-state index in [0.29, 0.717) is 15.6 Å². The van der Waals surface area contributed by atoms with Gasteiger partial charge < -0.3 is 10.1 Å². The molecule has 0 bridgehead atoms. The summed E-state index contributed by atoms with van der Waals surface area (Å²) in [7, 11) is 0. The van der Waals surface area contributed by atoms with Gasteiger partial charge in [0.1, 0.15) is 4.32 Å². The number of hydrogen-bond acceptors (Lipinski definition) is 6. The van der Waals surface area contributed by atoms with Crippen molar-refractivity contribution in [3.8, 4) is 0 Å². The molecule has 0 radical (unpaired) electrons. The standard InChI is InChI=1S/C16H18N2O4S2/c1-3-22-15(21)11-6-4-5-7-12(11)17-13(19)8-9-18-14(20)10(2)24-16(18)23/h4-7,10H,3,8-9H2,1-2H3,(H,17,19). The summed E-state index contributed by atoms with van der Waals surface area (Å²) in [5.41, 5.74) is 0.684. The van der Waals surface area contributed by atoms with Crippen molar-refractivity contribution in [1.82, 2.24) is 4.90 Å². The number of amides is 2. The molecule has 1 aromatic rings. The average molecular weight is 366 g/mol. The van der Waals surface area contributed by atoms with Gasteiger partial charge in [-0.05, 0) is 26.0 Å². The van der Waals surface area contributed by atoms with Crippen molar-refractivity contribution >= 4 is 51.8 Å². The zero-order valence-corrected chi connectivity index (χ0v) is 15.0. The topological polar surface area (TPSA) is 75.7 Å². The third kappa shape index (κ3) is 4.33. The SMILES string of the molecule is CCOC(=O)c1ccccc1NC(=O)CCN1C(=O)C(C)SC1=S. The molecule has 24 heavy (non-hydrogen) atoms. The summed E-state index contributed by atoms with van der Waals surface area (Å²) in [5, 5.41) is 2.48. The largest absolute Gasteiger partial charge is 0.462 e. The number of carbonyl (C=O) groups excluding carboxylic acids is 3. The van der Waals surface area contributed by atoms with Gasteiger partial charge in [0.25, 0.3) is 0 Å². The van der Waals surface area contributed by atoms with Gasteiger partial charge in [0.2, 0.25) is 11.8 Å². The van der Waals surface area contributed by atoms with Crippen molar-refractivity contribution in [2.24, 2.45) is 0 Å². The molecular weight excluding hydrogens is 348 g/mol. The zero-order chi connectivity index (χ0) is 17.7. The molecule has 1 aromatic carbocycles. The molecule has 2 amide bonds. The third-order valence-electron chi connectivity index (χ3n) is 3.37. The first-order valence-electron chi connectivity index (χ1n) is 7.52. The summed E-state index contributed by atoms with van der Waals surface area (Å²) in [4.78, 5) is 37.4. The lowest BCUT2D eigenvalue weighted by atomic mass is 10.1. The molecule has 0 spiro atoms. The Labute approximate surface area is 149 Å². The summed E-state index contributed by atoms with van der Waals surface area (Å²) in [6.07, 6.45) is 0.0936. The number of hydrogen-bond donors (Lipinski definition) is 1. The van der Waals surface area contributed by atoms with Crippen molar-refractivity contribution in [3.05, 3.63) is 29.8 Å². The van der Waals surface area contributed by atoms with Crippen LogP contribution in [-0.2, 0) is 14.3 Å². The Kier molecular flexibility index (Phi) is 6.33. The number of ether oxygens (including phenoxy) is 1. The van der Waals surface area contributed by atoms with E-state index in [1.165, 1.54) is 16.7 Å². The Hall–Kier alpha value is -1.93. The number of anilines is 1. The minimum Gasteiger partial charge on any atom is -0.462 e. The molecule has 8 heteroatoms. The van der Waals surface area contributed by atoms with E-state index in [1.807, 2.05) is 0 Å². The molecule has 128 valence electrons.